The van der Waals surface area contributed by atoms with Crippen molar-refractivity contribution in [1.29, 1.82) is 0 Å². The van der Waals surface area contributed by atoms with Crippen molar-refractivity contribution >= 4 is 17.0 Å². The summed E-state index contributed by atoms with van der Waals surface area (Å²) in [6.45, 7) is 0. The zero-order valence-electron chi connectivity index (χ0n) is 11.7. The monoisotopic (exact) mass is 297 g/mol. The first-order valence-corrected chi connectivity index (χ1v) is 7.62. The smallest absolute Gasteiger partial charge is 0.144 e. The zero-order valence-corrected chi connectivity index (χ0v) is 12.5. The summed E-state index contributed by atoms with van der Waals surface area (Å²) in [5, 5.41) is 6.20. The molecule has 1 aromatic carbocycles. The number of hydrogen-bond donors (Lipinski definition) is 0. The molecule has 3 nitrogen and oxygen atoms in total. The van der Waals surface area contributed by atoms with Crippen LogP contribution >= 0.6 is 11.3 Å². The maximum absolute atomic E-state index is 5.44. The maximum Gasteiger partial charge on any atom is 0.144 e. The molecule has 0 radical (unpaired) electrons. The van der Waals surface area contributed by atoms with E-state index in [9.17, 15) is 0 Å². The molecule has 4 heteroatoms. The highest BCUT2D eigenvalue weighted by Crippen LogP contribution is 2.21. The summed E-state index contributed by atoms with van der Waals surface area (Å²) in [5.41, 5.74) is 1.98. The fraction of sp³-hybridized carbons (Fsp3) is 0.235. The van der Waals surface area contributed by atoms with Gasteiger partial charge in [-0.2, -0.15) is 0 Å². The van der Waals surface area contributed by atoms with E-state index in [1.165, 1.54) is 4.88 Å². The average Bonchev–Trinajstić information content (AvgIpc) is 3.18. The van der Waals surface area contributed by atoms with Crippen LogP contribution in [0.4, 0.5) is 0 Å². The van der Waals surface area contributed by atoms with E-state index in [4.69, 9.17) is 9.57 Å². The Labute approximate surface area is 128 Å². The normalized spacial score (nSPS) is 16.6. The fourth-order valence-corrected chi connectivity index (χ4v) is 2.81. The maximum atomic E-state index is 5.44. The van der Waals surface area contributed by atoms with E-state index in [-0.39, 0.29) is 6.10 Å². The Hall–Kier alpha value is -2.25. The second kappa shape index (κ2) is 6.47. The van der Waals surface area contributed by atoms with Gasteiger partial charge < -0.3 is 9.57 Å². The van der Waals surface area contributed by atoms with Crippen LogP contribution in [-0.2, 0) is 4.84 Å². The van der Waals surface area contributed by atoms with Gasteiger partial charge >= 0.3 is 0 Å². The van der Waals surface area contributed by atoms with Crippen molar-refractivity contribution in [3.05, 3.63) is 52.2 Å². The number of oxime groups is 1. The van der Waals surface area contributed by atoms with E-state index in [0.29, 0.717) is 6.42 Å². The third kappa shape index (κ3) is 3.45. The fourth-order valence-electron chi connectivity index (χ4n) is 2.09. The summed E-state index contributed by atoms with van der Waals surface area (Å²) in [4.78, 5) is 6.62. The Morgan fingerprint density at radius 3 is 3.14 bits per heavy atom. The van der Waals surface area contributed by atoms with Crippen molar-refractivity contribution in [3.8, 4) is 17.6 Å². The summed E-state index contributed by atoms with van der Waals surface area (Å²) in [5.74, 6) is 7.12. The number of methoxy groups -OCH3 is 1. The van der Waals surface area contributed by atoms with Crippen LogP contribution in [0.1, 0.15) is 23.3 Å². The lowest BCUT2D eigenvalue weighted by Crippen LogP contribution is -2.06. The summed E-state index contributed by atoms with van der Waals surface area (Å²) >= 11 is 1.69. The van der Waals surface area contributed by atoms with Crippen LogP contribution in [0.2, 0.25) is 0 Å². The predicted octanol–water partition coefficient (Wildman–Crippen LogP) is 3.69. The average molecular weight is 297 g/mol. The van der Waals surface area contributed by atoms with E-state index in [1.807, 2.05) is 35.7 Å². The molecule has 0 bridgehead atoms. The molecule has 0 N–H and O–H groups in total. The van der Waals surface area contributed by atoms with Gasteiger partial charge in [0.2, 0.25) is 0 Å². The quantitative estimate of drug-likeness (QED) is 0.809. The lowest BCUT2D eigenvalue weighted by atomic mass is 10.1. The van der Waals surface area contributed by atoms with Crippen LogP contribution in [0.15, 0.2) is 46.9 Å². The lowest BCUT2D eigenvalue weighted by Gasteiger charge is -2.01. The molecule has 2 heterocycles. The molecule has 0 saturated carbocycles. The van der Waals surface area contributed by atoms with Crippen LogP contribution in [0.25, 0.3) is 0 Å². The van der Waals surface area contributed by atoms with E-state index in [1.54, 1.807) is 18.4 Å². The minimum absolute atomic E-state index is 0.0557. The van der Waals surface area contributed by atoms with Gasteiger partial charge in [0.25, 0.3) is 0 Å². The Kier molecular flexibility index (Phi) is 4.23. The summed E-state index contributed by atoms with van der Waals surface area (Å²) in [6, 6.07) is 11.8. The van der Waals surface area contributed by atoms with E-state index in [0.717, 1.165) is 23.4 Å². The van der Waals surface area contributed by atoms with E-state index < -0.39 is 0 Å². The molecule has 0 amide bonds. The van der Waals surface area contributed by atoms with Crippen molar-refractivity contribution in [1.82, 2.24) is 0 Å². The van der Waals surface area contributed by atoms with Crippen LogP contribution in [-0.4, -0.2) is 18.9 Å². The van der Waals surface area contributed by atoms with Crippen molar-refractivity contribution in [2.45, 2.75) is 18.9 Å². The zero-order chi connectivity index (χ0) is 14.5. The first-order chi connectivity index (χ1) is 10.3. The molecule has 1 aromatic heterocycles. The first kappa shape index (κ1) is 13.7. The Bertz CT molecular complexity index is 695. The van der Waals surface area contributed by atoms with Gasteiger partial charge in [-0.25, -0.2) is 0 Å². The van der Waals surface area contributed by atoms with Crippen LogP contribution in [0.5, 0.6) is 5.75 Å². The SMILES string of the molecule is COc1cccc(C#CCC2CC(c3cccs3)=NO2)c1. The molecule has 0 spiro atoms. The van der Waals surface area contributed by atoms with Gasteiger partial charge in [0.15, 0.2) is 0 Å². The van der Waals surface area contributed by atoms with Crippen LogP contribution in [0, 0.1) is 11.8 Å². The van der Waals surface area contributed by atoms with Gasteiger partial charge in [0, 0.05) is 18.4 Å². The van der Waals surface area contributed by atoms with Gasteiger partial charge in [-0.15, -0.1) is 11.3 Å². The van der Waals surface area contributed by atoms with Gasteiger partial charge in [-0.3, -0.25) is 0 Å². The van der Waals surface area contributed by atoms with Crippen molar-refractivity contribution in [3.63, 3.8) is 0 Å². The van der Waals surface area contributed by atoms with Crippen molar-refractivity contribution < 1.29 is 9.57 Å². The molecule has 1 aliphatic heterocycles. The highest BCUT2D eigenvalue weighted by atomic mass is 32.1. The molecule has 1 aliphatic rings. The number of thiophene rings is 1. The number of ether oxygens (including phenoxy) is 1. The standard InChI is InChI=1S/C17H15NO2S/c1-19-14-7-2-5-13(11-14)6-3-8-15-12-16(18-20-15)17-9-4-10-21-17/h2,4-5,7,9-11,15H,8,12H2,1H3. The first-order valence-electron chi connectivity index (χ1n) is 6.74. The van der Waals surface area contributed by atoms with Crippen LogP contribution < -0.4 is 4.74 Å². The van der Waals surface area contributed by atoms with E-state index >= 15 is 0 Å². The highest BCUT2D eigenvalue weighted by Gasteiger charge is 2.21. The summed E-state index contributed by atoms with van der Waals surface area (Å²) in [6.07, 6.45) is 1.56. The van der Waals surface area contributed by atoms with Crippen LogP contribution in [0.3, 0.4) is 0 Å². The number of benzene rings is 1. The minimum Gasteiger partial charge on any atom is -0.497 e. The number of hydrogen-bond acceptors (Lipinski definition) is 4. The molecule has 2 aromatic rings. The van der Waals surface area contributed by atoms with Gasteiger partial charge in [-0.05, 0) is 29.6 Å². The molecule has 21 heavy (non-hydrogen) atoms. The summed E-state index contributed by atoms with van der Waals surface area (Å²) < 4.78 is 5.18. The van der Waals surface area contributed by atoms with Gasteiger partial charge in [0.1, 0.15) is 17.6 Å². The molecular weight excluding hydrogens is 282 g/mol. The lowest BCUT2D eigenvalue weighted by molar-refractivity contribution is 0.0894. The van der Waals surface area contributed by atoms with Gasteiger partial charge in [-0.1, -0.05) is 29.1 Å². The summed E-state index contributed by atoms with van der Waals surface area (Å²) in [7, 11) is 1.66. The third-order valence-corrected chi connectivity index (χ3v) is 4.09. The molecule has 106 valence electrons. The minimum atomic E-state index is 0.0557. The van der Waals surface area contributed by atoms with Crippen molar-refractivity contribution in [2.24, 2.45) is 5.16 Å². The molecule has 3 rings (SSSR count). The highest BCUT2D eigenvalue weighted by molar-refractivity contribution is 7.12. The second-order valence-electron chi connectivity index (χ2n) is 4.68. The third-order valence-electron chi connectivity index (χ3n) is 3.17. The van der Waals surface area contributed by atoms with E-state index in [2.05, 4.69) is 23.1 Å². The molecule has 0 saturated heterocycles. The molecule has 1 unspecified atom stereocenters. The largest absolute Gasteiger partial charge is 0.497 e. The topological polar surface area (TPSA) is 30.8 Å². The predicted molar refractivity (Wildman–Crippen MR) is 84.8 cm³/mol. The second-order valence-corrected chi connectivity index (χ2v) is 5.63. The molecule has 0 aliphatic carbocycles. The molecule has 0 fully saturated rings. The number of nitrogens with zero attached hydrogens (tertiary/aromatic N) is 1. The van der Waals surface area contributed by atoms with Crippen molar-refractivity contribution in [2.75, 3.05) is 7.11 Å². The Morgan fingerprint density at radius 2 is 2.33 bits per heavy atom. The molecular formula is C17H15NO2S. The Balaban J connectivity index is 1.56. The molecule has 1 atom stereocenters. The van der Waals surface area contributed by atoms with Gasteiger partial charge in [0.05, 0.1) is 12.0 Å². The number of rotatable bonds is 3. The Morgan fingerprint density at radius 1 is 1.38 bits per heavy atom.